The summed E-state index contributed by atoms with van der Waals surface area (Å²) >= 11 is 5.92. The highest BCUT2D eigenvalue weighted by molar-refractivity contribution is 6.30. The molecule has 2 rings (SSSR count). The molecule has 3 N–H and O–H groups in total. The Balaban J connectivity index is 1.73. The van der Waals surface area contributed by atoms with Crippen molar-refractivity contribution in [2.45, 2.75) is 25.4 Å². The highest BCUT2D eigenvalue weighted by Gasteiger charge is 2.09. The van der Waals surface area contributed by atoms with Gasteiger partial charge < -0.3 is 15.5 Å². The zero-order valence-electron chi connectivity index (χ0n) is 12.7. The number of nitrogens with one attached hydrogen (secondary N) is 1. The Hall–Kier alpha value is -1.55. The van der Waals surface area contributed by atoms with Gasteiger partial charge in [0.2, 0.25) is 0 Å². The maximum Gasteiger partial charge on any atom is 0.115 e. The molecule has 0 saturated heterocycles. The van der Waals surface area contributed by atoms with Crippen molar-refractivity contribution in [3.05, 3.63) is 64.7 Å². The molecule has 0 saturated carbocycles. The minimum Gasteiger partial charge on any atom is -0.508 e. The van der Waals surface area contributed by atoms with Gasteiger partial charge in [-0.2, -0.15) is 0 Å². The minimum absolute atomic E-state index is 0.290. The lowest BCUT2D eigenvalue weighted by molar-refractivity contribution is 0.174. The largest absolute Gasteiger partial charge is 0.508 e. The van der Waals surface area contributed by atoms with Crippen LogP contribution in [-0.2, 0) is 0 Å². The first kappa shape index (κ1) is 16.8. The van der Waals surface area contributed by atoms with Crippen LogP contribution in [0.3, 0.4) is 0 Å². The van der Waals surface area contributed by atoms with Gasteiger partial charge in [0.1, 0.15) is 5.75 Å². The van der Waals surface area contributed by atoms with E-state index in [1.807, 2.05) is 24.3 Å². The smallest absolute Gasteiger partial charge is 0.115 e. The van der Waals surface area contributed by atoms with Gasteiger partial charge in [0.05, 0.1) is 6.10 Å². The average Bonchev–Trinajstić information content (AvgIpc) is 2.51. The number of rotatable bonds is 7. The molecule has 3 nitrogen and oxygen atoms in total. The molecule has 118 valence electrons. The lowest BCUT2D eigenvalue weighted by Gasteiger charge is -2.15. The van der Waals surface area contributed by atoms with Crippen LogP contribution in [0.1, 0.15) is 36.5 Å². The van der Waals surface area contributed by atoms with E-state index >= 15 is 0 Å². The number of phenols is 1. The van der Waals surface area contributed by atoms with Crippen molar-refractivity contribution in [2.24, 2.45) is 0 Å². The van der Waals surface area contributed by atoms with Crippen LogP contribution in [0.4, 0.5) is 0 Å². The third-order valence-electron chi connectivity index (χ3n) is 3.79. The Bertz CT molecular complexity index is 586. The number of hydrogen-bond donors (Lipinski definition) is 3. The van der Waals surface area contributed by atoms with E-state index in [-0.39, 0.29) is 0 Å². The van der Waals surface area contributed by atoms with E-state index in [1.54, 1.807) is 24.3 Å². The molecule has 2 aromatic rings. The van der Waals surface area contributed by atoms with Crippen molar-refractivity contribution < 1.29 is 10.2 Å². The highest BCUT2D eigenvalue weighted by Crippen LogP contribution is 2.21. The minimum atomic E-state index is -0.553. The molecule has 0 heterocycles. The van der Waals surface area contributed by atoms with Crippen molar-refractivity contribution in [2.75, 3.05) is 13.1 Å². The SMILES string of the molecule is CC(CCNCC(O)c1cccc(Cl)c1)c1ccc(O)cc1. The predicted molar refractivity (Wildman–Crippen MR) is 90.4 cm³/mol. The number of hydrogen-bond acceptors (Lipinski definition) is 3. The normalized spacial score (nSPS) is 13.8. The van der Waals surface area contributed by atoms with Crippen LogP contribution in [0.25, 0.3) is 0 Å². The van der Waals surface area contributed by atoms with Crippen LogP contribution in [0.5, 0.6) is 5.75 Å². The number of benzene rings is 2. The molecule has 22 heavy (non-hydrogen) atoms. The van der Waals surface area contributed by atoms with Gasteiger partial charge in [-0.05, 0) is 54.3 Å². The number of aliphatic hydroxyl groups excluding tert-OH is 1. The van der Waals surface area contributed by atoms with E-state index in [1.165, 1.54) is 5.56 Å². The predicted octanol–water partition coefficient (Wildman–Crippen LogP) is 3.86. The second-order valence-corrected chi connectivity index (χ2v) is 5.99. The monoisotopic (exact) mass is 319 g/mol. The molecule has 0 bridgehead atoms. The standard InChI is InChI=1S/C18H22ClNO2/c1-13(14-5-7-17(21)8-6-14)9-10-20-12-18(22)15-3-2-4-16(19)11-15/h2-8,11,13,18,20-22H,9-10,12H2,1H3. The summed E-state index contributed by atoms with van der Waals surface area (Å²) in [5.41, 5.74) is 2.03. The molecule has 2 atom stereocenters. The second-order valence-electron chi connectivity index (χ2n) is 5.56. The molecular formula is C18H22ClNO2. The molecule has 0 spiro atoms. The van der Waals surface area contributed by atoms with Gasteiger partial charge in [0.15, 0.2) is 0 Å². The zero-order chi connectivity index (χ0) is 15.9. The summed E-state index contributed by atoms with van der Waals surface area (Å²) < 4.78 is 0. The number of aromatic hydroxyl groups is 1. The Morgan fingerprint density at radius 3 is 2.50 bits per heavy atom. The number of halogens is 1. The van der Waals surface area contributed by atoms with Crippen molar-refractivity contribution in [1.29, 1.82) is 0 Å². The van der Waals surface area contributed by atoms with E-state index < -0.39 is 6.10 Å². The number of aliphatic hydroxyl groups is 1. The summed E-state index contributed by atoms with van der Waals surface area (Å²) in [5.74, 6) is 0.690. The summed E-state index contributed by atoms with van der Waals surface area (Å²) in [6, 6.07) is 14.6. The zero-order valence-corrected chi connectivity index (χ0v) is 13.4. The maximum atomic E-state index is 10.1. The van der Waals surface area contributed by atoms with Crippen molar-refractivity contribution >= 4 is 11.6 Å². The van der Waals surface area contributed by atoms with Crippen LogP contribution >= 0.6 is 11.6 Å². The van der Waals surface area contributed by atoms with E-state index in [0.29, 0.717) is 23.2 Å². The first-order valence-electron chi connectivity index (χ1n) is 7.49. The summed E-state index contributed by atoms with van der Waals surface area (Å²) in [5, 5.41) is 23.3. The fourth-order valence-corrected chi connectivity index (χ4v) is 2.56. The first-order chi connectivity index (χ1) is 10.6. The molecular weight excluding hydrogens is 298 g/mol. The summed E-state index contributed by atoms with van der Waals surface area (Å²) in [7, 11) is 0. The Morgan fingerprint density at radius 2 is 1.82 bits per heavy atom. The third-order valence-corrected chi connectivity index (χ3v) is 4.02. The number of phenolic OH excluding ortho intramolecular Hbond substituents is 1. The fraction of sp³-hybridized carbons (Fsp3) is 0.333. The van der Waals surface area contributed by atoms with Crippen LogP contribution in [0.15, 0.2) is 48.5 Å². The summed E-state index contributed by atoms with van der Waals surface area (Å²) in [6.45, 7) is 3.48. The van der Waals surface area contributed by atoms with Gasteiger partial charge in [0, 0.05) is 11.6 Å². The summed E-state index contributed by atoms with van der Waals surface area (Å²) in [4.78, 5) is 0. The second kappa shape index (κ2) is 8.18. The van der Waals surface area contributed by atoms with E-state index in [0.717, 1.165) is 18.5 Å². The van der Waals surface area contributed by atoms with Gasteiger partial charge in [-0.3, -0.25) is 0 Å². The van der Waals surface area contributed by atoms with Gasteiger partial charge in [-0.15, -0.1) is 0 Å². The molecule has 4 heteroatoms. The van der Waals surface area contributed by atoms with E-state index in [4.69, 9.17) is 11.6 Å². The lowest BCUT2D eigenvalue weighted by atomic mass is 9.98. The lowest BCUT2D eigenvalue weighted by Crippen LogP contribution is -2.23. The van der Waals surface area contributed by atoms with Gasteiger partial charge >= 0.3 is 0 Å². The van der Waals surface area contributed by atoms with Crippen LogP contribution in [0, 0.1) is 0 Å². The quantitative estimate of drug-likeness (QED) is 0.679. The highest BCUT2D eigenvalue weighted by atomic mass is 35.5. The van der Waals surface area contributed by atoms with Crippen molar-refractivity contribution in [1.82, 2.24) is 5.32 Å². The van der Waals surface area contributed by atoms with E-state index in [2.05, 4.69) is 12.2 Å². The molecule has 0 aliphatic heterocycles. The van der Waals surface area contributed by atoms with Crippen LogP contribution < -0.4 is 5.32 Å². The molecule has 0 aliphatic carbocycles. The van der Waals surface area contributed by atoms with Gasteiger partial charge in [-0.1, -0.05) is 42.8 Å². The Labute approximate surface area is 136 Å². The molecule has 0 radical (unpaired) electrons. The van der Waals surface area contributed by atoms with Gasteiger partial charge in [0.25, 0.3) is 0 Å². The first-order valence-corrected chi connectivity index (χ1v) is 7.87. The third kappa shape index (κ3) is 5.02. The Morgan fingerprint density at radius 1 is 1.09 bits per heavy atom. The molecule has 2 aromatic carbocycles. The molecule has 0 fully saturated rings. The molecule has 2 unspecified atom stereocenters. The van der Waals surface area contributed by atoms with Gasteiger partial charge in [-0.25, -0.2) is 0 Å². The average molecular weight is 320 g/mol. The maximum absolute atomic E-state index is 10.1. The van der Waals surface area contributed by atoms with Crippen molar-refractivity contribution in [3.63, 3.8) is 0 Å². The van der Waals surface area contributed by atoms with Crippen LogP contribution in [-0.4, -0.2) is 23.3 Å². The van der Waals surface area contributed by atoms with Crippen molar-refractivity contribution in [3.8, 4) is 5.75 Å². The van der Waals surface area contributed by atoms with E-state index in [9.17, 15) is 10.2 Å². The molecule has 0 aromatic heterocycles. The molecule has 0 aliphatic rings. The molecule has 0 amide bonds. The Kier molecular flexibility index (Phi) is 6.25. The van der Waals surface area contributed by atoms with Crippen LogP contribution in [0.2, 0.25) is 5.02 Å². The summed E-state index contributed by atoms with van der Waals surface area (Å²) in [6.07, 6.45) is 0.412. The topological polar surface area (TPSA) is 52.5 Å². The fourth-order valence-electron chi connectivity index (χ4n) is 2.36.